The zero-order valence-corrected chi connectivity index (χ0v) is 10.6. The van der Waals surface area contributed by atoms with E-state index in [0.717, 1.165) is 6.42 Å². The summed E-state index contributed by atoms with van der Waals surface area (Å²) >= 11 is 0. The van der Waals surface area contributed by atoms with Gasteiger partial charge in [-0.15, -0.1) is 0 Å². The van der Waals surface area contributed by atoms with E-state index in [-0.39, 0.29) is 25.0 Å². The van der Waals surface area contributed by atoms with Crippen molar-refractivity contribution in [3.05, 3.63) is 0 Å². The standard InChI is InChI=1S/C12H23F3N2O/c13-12(14,15)10-3-5-11(9-16,6-4-10)17-7-1-2-8-18/h10,17-18H,1-9,16H2. The fourth-order valence-corrected chi connectivity index (χ4v) is 2.54. The molecule has 0 radical (unpaired) electrons. The van der Waals surface area contributed by atoms with Crippen LogP contribution in [-0.4, -0.2) is 36.5 Å². The second kappa shape index (κ2) is 6.73. The topological polar surface area (TPSA) is 58.3 Å². The molecule has 0 heterocycles. The number of nitrogens with one attached hydrogen (secondary N) is 1. The third-order valence-electron chi connectivity index (χ3n) is 3.88. The minimum Gasteiger partial charge on any atom is -0.396 e. The predicted molar refractivity (Wildman–Crippen MR) is 64.1 cm³/mol. The summed E-state index contributed by atoms with van der Waals surface area (Å²) in [5.74, 6) is -1.17. The second-order valence-electron chi connectivity index (χ2n) is 5.16. The first-order chi connectivity index (χ1) is 8.43. The Morgan fingerprint density at radius 1 is 1.22 bits per heavy atom. The van der Waals surface area contributed by atoms with Crippen molar-refractivity contribution >= 4 is 0 Å². The van der Waals surface area contributed by atoms with Crippen LogP contribution in [0.4, 0.5) is 13.2 Å². The Hall–Kier alpha value is -0.330. The molecule has 18 heavy (non-hydrogen) atoms. The largest absolute Gasteiger partial charge is 0.396 e. The van der Waals surface area contributed by atoms with Crippen molar-refractivity contribution in [2.75, 3.05) is 19.7 Å². The molecule has 0 unspecified atom stereocenters. The van der Waals surface area contributed by atoms with E-state index < -0.39 is 12.1 Å². The van der Waals surface area contributed by atoms with E-state index in [1.807, 2.05) is 0 Å². The maximum absolute atomic E-state index is 12.6. The van der Waals surface area contributed by atoms with Gasteiger partial charge in [0.25, 0.3) is 0 Å². The maximum atomic E-state index is 12.6. The third-order valence-corrected chi connectivity index (χ3v) is 3.88. The number of rotatable bonds is 6. The summed E-state index contributed by atoms with van der Waals surface area (Å²) in [7, 11) is 0. The van der Waals surface area contributed by atoms with Crippen molar-refractivity contribution < 1.29 is 18.3 Å². The van der Waals surface area contributed by atoms with Crippen molar-refractivity contribution in [3.8, 4) is 0 Å². The molecule has 0 aliphatic heterocycles. The van der Waals surface area contributed by atoms with Crippen LogP contribution in [0.5, 0.6) is 0 Å². The Labute approximate surface area is 106 Å². The minimum atomic E-state index is -4.07. The van der Waals surface area contributed by atoms with Crippen LogP contribution in [0.25, 0.3) is 0 Å². The van der Waals surface area contributed by atoms with Crippen molar-refractivity contribution in [1.82, 2.24) is 5.32 Å². The highest BCUT2D eigenvalue weighted by atomic mass is 19.4. The molecule has 6 heteroatoms. The predicted octanol–water partition coefficient (Wildman–Crippen LogP) is 1.80. The van der Waals surface area contributed by atoms with Crippen LogP contribution in [0, 0.1) is 5.92 Å². The van der Waals surface area contributed by atoms with Gasteiger partial charge >= 0.3 is 6.18 Å². The Morgan fingerprint density at radius 2 is 1.83 bits per heavy atom. The molecule has 0 aromatic rings. The van der Waals surface area contributed by atoms with Crippen LogP contribution in [-0.2, 0) is 0 Å². The number of halogens is 3. The van der Waals surface area contributed by atoms with E-state index >= 15 is 0 Å². The SMILES string of the molecule is NCC1(NCCCCO)CCC(C(F)(F)F)CC1. The van der Waals surface area contributed by atoms with Crippen LogP contribution in [0.1, 0.15) is 38.5 Å². The lowest BCUT2D eigenvalue weighted by molar-refractivity contribution is -0.185. The van der Waals surface area contributed by atoms with Gasteiger partial charge in [-0.2, -0.15) is 13.2 Å². The molecule has 0 aromatic heterocycles. The van der Waals surface area contributed by atoms with Gasteiger partial charge in [-0.3, -0.25) is 0 Å². The molecular weight excluding hydrogens is 245 g/mol. The summed E-state index contributed by atoms with van der Waals surface area (Å²) in [4.78, 5) is 0. The van der Waals surface area contributed by atoms with Gasteiger partial charge in [0.05, 0.1) is 5.92 Å². The van der Waals surface area contributed by atoms with Gasteiger partial charge < -0.3 is 16.2 Å². The van der Waals surface area contributed by atoms with E-state index in [9.17, 15) is 13.2 Å². The monoisotopic (exact) mass is 268 g/mol. The average molecular weight is 268 g/mol. The average Bonchev–Trinajstić information content (AvgIpc) is 2.34. The number of nitrogens with two attached hydrogens (primary N) is 1. The fourth-order valence-electron chi connectivity index (χ4n) is 2.54. The van der Waals surface area contributed by atoms with E-state index in [1.165, 1.54) is 0 Å². The molecule has 0 saturated heterocycles. The minimum absolute atomic E-state index is 0.146. The number of aliphatic hydroxyl groups excluding tert-OH is 1. The van der Waals surface area contributed by atoms with Crippen LogP contribution in [0.15, 0.2) is 0 Å². The number of aliphatic hydroxyl groups is 1. The highest BCUT2D eigenvalue weighted by molar-refractivity contribution is 4.95. The van der Waals surface area contributed by atoms with Crippen molar-refractivity contribution in [1.29, 1.82) is 0 Å². The summed E-state index contributed by atoms with van der Waals surface area (Å²) in [6.07, 6.45) is -1.27. The molecular formula is C12H23F3N2O. The lowest BCUT2D eigenvalue weighted by Gasteiger charge is -2.40. The van der Waals surface area contributed by atoms with Crippen LogP contribution in [0.3, 0.4) is 0 Å². The Kier molecular flexibility index (Phi) is 5.88. The maximum Gasteiger partial charge on any atom is 0.391 e. The van der Waals surface area contributed by atoms with E-state index in [1.54, 1.807) is 0 Å². The summed E-state index contributed by atoms with van der Waals surface area (Å²) in [5.41, 5.74) is 5.38. The van der Waals surface area contributed by atoms with Gasteiger partial charge in [0.15, 0.2) is 0 Å². The highest BCUT2D eigenvalue weighted by Crippen LogP contribution is 2.40. The first-order valence-corrected chi connectivity index (χ1v) is 6.56. The molecule has 1 saturated carbocycles. The van der Waals surface area contributed by atoms with Crippen LogP contribution in [0.2, 0.25) is 0 Å². The normalized spacial score (nSPS) is 29.5. The summed E-state index contributed by atoms with van der Waals surface area (Å²) < 4.78 is 37.7. The lowest BCUT2D eigenvalue weighted by atomic mass is 9.76. The number of unbranched alkanes of at least 4 members (excludes halogenated alkanes) is 1. The Morgan fingerprint density at radius 3 is 2.28 bits per heavy atom. The molecule has 0 spiro atoms. The van der Waals surface area contributed by atoms with Crippen molar-refractivity contribution in [3.63, 3.8) is 0 Å². The van der Waals surface area contributed by atoms with E-state index in [2.05, 4.69) is 5.32 Å². The van der Waals surface area contributed by atoms with Gasteiger partial charge in [-0.1, -0.05) is 0 Å². The van der Waals surface area contributed by atoms with E-state index in [4.69, 9.17) is 10.8 Å². The first kappa shape index (κ1) is 15.7. The van der Waals surface area contributed by atoms with Gasteiger partial charge in [0.2, 0.25) is 0 Å². The molecule has 1 rings (SSSR count). The van der Waals surface area contributed by atoms with Crippen molar-refractivity contribution in [2.24, 2.45) is 11.7 Å². The fraction of sp³-hybridized carbons (Fsp3) is 1.00. The first-order valence-electron chi connectivity index (χ1n) is 6.56. The highest BCUT2D eigenvalue weighted by Gasteiger charge is 2.45. The molecule has 3 nitrogen and oxygen atoms in total. The summed E-state index contributed by atoms with van der Waals surface area (Å²) in [6, 6.07) is 0. The second-order valence-corrected chi connectivity index (χ2v) is 5.16. The number of alkyl halides is 3. The zero-order valence-electron chi connectivity index (χ0n) is 10.6. The molecule has 0 amide bonds. The molecule has 1 aliphatic rings. The van der Waals surface area contributed by atoms with Crippen molar-refractivity contribution in [2.45, 2.75) is 50.2 Å². The van der Waals surface area contributed by atoms with Gasteiger partial charge in [-0.05, 0) is 45.1 Å². The molecule has 0 bridgehead atoms. The summed E-state index contributed by atoms with van der Waals surface area (Å²) in [6.45, 7) is 1.22. The lowest BCUT2D eigenvalue weighted by Crippen LogP contribution is -2.54. The molecule has 4 N–H and O–H groups in total. The van der Waals surface area contributed by atoms with Gasteiger partial charge in [0, 0.05) is 18.7 Å². The molecule has 0 aromatic carbocycles. The van der Waals surface area contributed by atoms with E-state index in [0.29, 0.717) is 32.4 Å². The Balaban J connectivity index is 2.40. The molecule has 0 atom stereocenters. The zero-order chi connectivity index (χ0) is 13.6. The van der Waals surface area contributed by atoms with Gasteiger partial charge in [-0.25, -0.2) is 0 Å². The van der Waals surface area contributed by atoms with Crippen LogP contribution >= 0.6 is 0 Å². The number of hydrogen-bond donors (Lipinski definition) is 3. The summed E-state index contributed by atoms with van der Waals surface area (Å²) in [5, 5.41) is 12.0. The quantitative estimate of drug-likeness (QED) is 0.644. The molecule has 1 fully saturated rings. The van der Waals surface area contributed by atoms with Gasteiger partial charge in [0.1, 0.15) is 0 Å². The molecule has 1 aliphatic carbocycles. The number of hydrogen-bond acceptors (Lipinski definition) is 3. The molecule has 108 valence electrons. The van der Waals surface area contributed by atoms with Crippen LogP contribution < -0.4 is 11.1 Å². The Bertz CT molecular complexity index is 238. The smallest absolute Gasteiger partial charge is 0.391 e. The third kappa shape index (κ3) is 4.40.